The maximum absolute atomic E-state index is 12.8. The van der Waals surface area contributed by atoms with Crippen LogP contribution in [0.1, 0.15) is 107 Å². The second kappa shape index (κ2) is 16.7. The van der Waals surface area contributed by atoms with Gasteiger partial charge in [-0.3, -0.25) is 14.4 Å². The molecule has 5 rings (SSSR count). The number of aliphatic hydroxyl groups is 6. The summed E-state index contributed by atoms with van der Waals surface area (Å²) in [6, 6.07) is 0. The van der Waals surface area contributed by atoms with E-state index in [1.807, 2.05) is 32.9 Å². The van der Waals surface area contributed by atoms with E-state index < -0.39 is 107 Å². The molecule has 0 radical (unpaired) electrons. The van der Waals surface area contributed by atoms with Crippen LogP contribution in [-0.2, 0) is 38.1 Å². The van der Waals surface area contributed by atoms with Crippen molar-refractivity contribution in [3.8, 4) is 0 Å². The summed E-state index contributed by atoms with van der Waals surface area (Å²) in [7, 11) is 0. The first-order valence-electron chi connectivity index (χ1n) is 20.2. The number of hydrogen-bond donors (Lipinski definition) is 6. The van der Waals surface area contributed by atoms with Crippen LogP contribution in [0.25, 0.3) is 0 Å². The summed E-state index contributed by atoms with van der Waals surface area (Å²) < 4.78 is 29.3. The molecule has 4 aliphatic carbocycles. The minimum absolute atomic E-state index is 0.0505. The number of carbonyl (C=O) groups is 3. The molecule has 0 spiro atoms. The first-order valence-corrected chi connectivity index (χ1v) is 20.2. The van der Waals surface area contributed by atoms with Gasteiger partial charge in [0.15, 0.2) is 6.29 Å². The number of esters is 3. The van der Waals surface area contributed by atoms with Crippen molar-refractivity contribution in [3.05, 3.63) is 23.3 Å². The van der Waals surface area contributed by atoms with Crippen LogP contribution in [0.4, 0.5) is 0 Å². The van der Waals surface area contributed by atoms with Gasteiger partial charge >= 0.3 is 17.9 Å². The maximum atomic E-state index is 12.8. The molecule has 4 fully saturated rings. The van der Waals surface area contributed by atoms with Crippen molar-refractivity contribution >= 4 is 17.9 Å². The monoisotopic (exact) mass is 794 g/mol. The Balaban J connectivity index is 1.41. The highest BCUT2D eigenvalue weighted by molar-refractivity contribution is 5.67. The van der Waals surface area contributed by atoms with Crippen LogP contribution >= 0.6 is 0 Å². The Bertz CT molecular complexity index is 1520. The van der Waals surface area contributed by atoms with Crippen molar-refractivity contribution in [2.45, 2.75) is 168 Å². The fourth-order valence-electron chi connectivity index (χ4n) is 11.9. The summed E-state index contributed by atoms with van der Waals surface area (Å²) in [6.07, 6.45) is -2.45. The van der Waals surface area contributed by atoms with Gasteiger partial charge in [-0.2, -0.15) is 0 Å². The Morgan fingerprint density at radius 3 is 2.20 bits per heavy atom. The second-order valence-corrected chi connectivity index (χ2v) is 18.5. The zero-order chi connectivity index (χ0) is 41.7. The van der Waals surface area contributed by atoms with E-state index in [1.54, 1.807) is 0 Å². The van der Waals surface area contributed by atoms with Gasteiger partial charge in [0.25, 0.3) is 0 Å². The number of carbonyl (C=O) groups excluding carboxylic acids is 3. The molecule has 1 saturated heterocycles. The number of aliphatic hydroxyl groups excluding tert-OH is 5. The SMILES string of the molecule is CC(=O)O[C@H]1C[C@@H]2C(=C[C@@H](OC(C)=O)[C@]3(C)[C@@H]([C@H](C)CC/C=C(\C)CO[C@@H]4O[C@H](CO)[C@@H](O)[C@H](O)[C@H]4O)[C@@H](O)C[C@@]23C)C[C@]2(O)CC[C@H](OC(C)=O)C(C)(C)[C@H]12. The third kappa shape index (κ3) is 8.10. The molecule has 0 bridgehead atoms. The molecule has 318 valence electrons. The molecule has 56 heavy (non-hydrogen) atoms. The number of allylic oxidation sites excluding steroid dienone is 1. The van der Waals surface area contributed by atoms with Gasteiger partial charge in [0.2, 0.25) is 0 Å². The van der Waals surface area contributed by atoms with E-state index in [-0.39, 0.29) is 30.8 Å². The van der Waals surface area contributed by atoms with E-state index in [0.717, 1.165) is 11.1 Å². The first-order chi connectivity index (χ1) is 26.0. The standard InChI is InChI=1S/C42H66O14/c1-21(20-52-38-36(50)35(49)34(48)30(19-43)56-38)11-10-12-22(2)33-28(47)18-40(8)27-16-29(53-23(3)44)37-39(6,7)31(54-24(4)45)13-14-42(37,51)17-26(27)15-32(41(33,40)9)55-25(5)46/h11,15,22,27-38,43,47-51H,10,12-14,16-20H2,1-9H3/b21-11+/t22-,27-,28+,29+,30-,31+,32-,33+,34-,35+,36-,37+,38-,40+,41-,42-/m1/s1. The molecule has 1 heterocycles. The van der Waals surface area contributed by atoms with Crippen LogP contribution in [0.15, 0.2) is 23.3 Å². The minimum atomic E-state index is -1.53. The van der Waals surface area contributed by atoms with Crippen LogP contribution in [0.5, 0.6) is 0 Å². The van der Waals surface area contributed by atoms with Crippen molar-refractivity contribution < 1.29 is 68.7 Å². The van der Waals surface area contributed by atoms with Gasteiger partial charge in [-0.1, -0.05) is 51.8 Å². The predicted octanol–water partition coefficient (Wildman–Crippen LogP) is 2.87. The summed E-state index contributed by atoms with van der Waals surface area (Å²) >= 11 is 0. The van der Waals surface area contributed by atoms with E-state index in [2.05, 4.69) is 20.8 Å². The normalized spacial score (nSPS) is 43.9. The molecule has 14 heteroatoms. The molecule has 5 aliphatic rings. The molecular weight excluding hydrogens is 728 g/mol. The smallest absolute Gasteiger partial charge is 0.303 e. The van der Waals surface area contributed by atoms with Gasteiger partial charge in [0.1, 0.15) is 42.7 Å². The van der Waals surface area contributed by atoms with Gasteiger partial charge in [0.05, 0.1) is 24.9 Å². The molecule has 6 N–H and O–H groups in total. The molecule has 0 unspecified atom stereocenters. The van der Waals surface area contributed by atoms with Crippen molar-refractivity contribution in [1.82, 2.24) is 0 Å². The van der Waals surface area contributed by atoms with E-state index in [0.29, 0.717) is 38.5 Å². The van der Waals surface area contributed by atoms with Gasteiger partial charge in [-0.05, 0) is 81.1 Å². The van der Waals surface area contributed by atoms with Gasteiger partial charge in [-0.25, -0.2) is 0 Å². The average Bonchev–Trinajstić information content (AvgIpc) is 3.21. The van der Waals surface area contributed by atoms with E-state index >= 15 is 0 Å². The largest absolute Gasteiger partial charge is 0.462 e. The quantitative estimate of drug-likeness (QED) is 0.101. The van der Waals surface area contributed by atoms with Crippen molar-refractivity contribution in [3.63, 3.8) is 0 Å². The summed E-state index contributed by atoms with van der Waals surface area (Å²) in [5.74, 6) is -2.52. The highest BCUT2D eigenvalue weighted by Gasteiger charge is 2.70. The highest BCUT2D eigenvalue weighted by atomic mass is 16.7. The third-order valence-electron chi connectivity index (χ3n) is 14.5. The van der Waals surface area contributed by atoms with Crippen molar-refractivity contribution in [2.75, 3.05) is 13.2 Å². The van der Waals surface area contributed by atoms with Crippen LogP contribution in [0, 0.1) is 39.9 Å². The molecule has 14 nitrogen and oxygen atoms in total. The topological polar surface area (TPSA) is 219 Å². The summed E-state index contributed by atoms with van der Waals surface area (Å²) in [4.78, 5) is 37.7. The number of ether oxygens (including phenoxy) is 5. The first kappa shape index (κ1) is 44.7. The van der Waals surface area contributed by atoms with Gasteiger partial charge in [-0.15, -0.1) is 0 Å². The highest BCUT2D eigenvalue weighted by Crippen LogP contribution is 2.70. The molecular formula is C42H66O14. The Labute approximate surface area is 330 Å². The molecule has 0 amide bonds. The van der Waals surface area contributed by atoms with Crippen molar-refractivity contribution in [2.24, 2.45) is 39.9 Å². The molecule has 3 saturated carbocycles. The minimum Gasteiger partial charge on any atom is -0.462 e. The Hall–Kier alpha value is -2.43. The third-order valence-corrected chi connectivity index (χ3v) is 14.5. The second-order valence-electron chi connectivity index (χ2n) is 18.5. The maximum Gasteiger partial charge on any atom is 0.303 e. The molecule has 1 aliphatic heterocycles. The van der Waals surface area contributed by atoms with Crippen LogP contribution in [0.2, 0.25) is 0 Å². The summed E-state index contributed by atoms with van der Waals surface area (Å²) in [5.41, 5.74) is -1.74. The van der Waals surface area contributed by atoms with Crippen LogP contribution < -0.4 is 0 Å². The van der Waals surface area contributed by atoms with Gasteiger partial charge in [0, 0.05) is 37.5 Å². The zero-order valence-electron chi connectivity index (χ0n) is 34.5. The molecule has 0 aromatic carbocycles. The lowest BCUT2D eigenvalue weighted by Crippen LogP contribution is -2.60. The summed E-state index contributed by atoms with van der Waals surface area (Å²) in [6.45, 7) is 15.7. The Morgan fingerprint density at radius 1 is 0.946 bits per heavy atom. The number of rotatable bonds is 11. The van der Waals surface area contributed by atoms with Crippen molar-refractivity contribution in [1.29, 1.82) is 0 Å². The van der Waals surface area contributed by atoms with E-state index in [4.69, 9.17) is 23.7 Å². The fourth-order valence-corrected chi connectivity index (χ4v) is 11.9. The van der Waals surface area contributed by atoms with Crippen LogP contribution in [-0.4, -0.2) is 122 Å². The zero-order valence-corrected chi connectivity index (χ0v) is 34.5. The predicted molar refractivity (Wildman–Crippen MR) is 201 cm³/mol. The summed E-state index contributed by atoms with van der Waals surface area (Å²) in [5, 5.41) is 64.7. The van der Waals surface area contributed by atoms with Crippen LogP contribution in [0.3, 0.4) is 0 Å². The molecule has 0 aromatic heterocycles. The lowest BCUT2D eigenvalue weighted by atomic mass is 9.49. The van der Waals surface area contributed by atoms with Gasteiger partial charge < -0.3 is 54.3 Å². The number of hydrogen-bond acceptors (Lipinski definition) is 14. The number of fused-ring (bicyclic) bond motifs is 4. The molecule has 16 atom stereocenters. The Kier molecular flexibility index (Phi) is 13.3. The lowest BCUT2D eigenvalue weighted by Gasteiger charge is -2.56. The van der Waals surface area contributed by atoms with E-state index in [9.17, 15) is 45.0 Å². The Morgan fingerprint density at radius 2 is 1.59 bits per heavy atom. The average molecular weight is 795 g/mol. The van der Waals surface area contributed by atoms with E-state index in [1.165, 1.54) is 20.8 Å². The fraction of sp³-hybridized carbons (Fsp3) is 0.833. The molecule has 0 aromatic rings. The lowest BCUT2D eigenvalue weighted by molar-refractivity contribution is -0.299.